The van der Waals surface area contributed by atoms with Crippen molar-refractivity contribution in [3.63, 3.8) is 0 Å². The van der Waals surface area contributed by atoms with E-state index in [1.165, 1.54) is 27.1 Å². The maximum Gasteiger partial charge on any atom is 0.235 e. The minimum absolute atomic E-state index is 0.101. The average Bonchev–Trinajstić information content (AvgIpc) is 3.62. The average molecular weight is 563 g/mol. The summed E-state index contributed by atoms with van der Waals surface area (Å²) in [6.07, 6.45) is 4.94. The second-order valence-electron chi connectivity index (χ2n) is 11.2. The summed E-state index contributed by atoms with van der Waals surface area (Å²) in [5.41, 5.74) is 14.8. The second-order valence-corrected chi connectivity index (χ2v) is 11.2. The van der Waals surface area contributed by atoms with Gasteiger partial charge in [-0.1, -0.05) is 109 Å². The summed E-state index contributed by atoms with van der Waals surface area (Å²) >= 11 is 0. The number of nitrogens with zero attached hydrogens (tertiary/aromatic N) is 4. The Morgan fingerprint density at radius 1 is 0.568 bits per heavy atom. The fourth-order valence-electron chi connectivity index (χ4n) is 6.72. The van der Waals surface area contributed by atoms with Gasteiger partial charge in [-0.25, -0.2) is 9.97 Å². The number of hydrogen-bond donors (Lipinski definition) is 0. The van der Waals surface area contributed by atoms with E-state index in [-0.39, 0.29) is 5.92 Å². The number of hydrogen-bond acceptors (Lipinski definition) is 2. The summed E-state index contributed by atoms with van der Waals surface area (Å²) in [5, 5.41) is 4.77. The number of fused-ring (bicyclic) bond motifs is 7. The first-order valence-electron chi connectivity index (χ1n) is 15.0. The van der Waals surface area contributed by atoms with Gasteiger partial charge >= 0.3 is 0 Å². The monoisotopic (exact) mass is 562 g/mol. The van der Waals surface area contributed by atoms with Gasteiger partial charge in [-0.2, -0.15) is 0 Å². The van der Waals surface area contributed by atoms with Gasteiger partial charge in [0.15, 0.2) is 0 Å². The molecule has 9 rings (SSSR count). The molecule has 0 saturated heterocycles. The molecule has 3 heterocycles. The van der Waals surface area contributed by atoms with E-state index in [9.17, 15) is 0 Å². The summed E-state index contributed by atoms with van der Waals surface area (Å²) in [6.45, 7) is 0. The van der Waals surface area contributed by atoms with Crippen LogP contribution in [0.2, 0.25) is 0 Å². The first-order chi connectivity index (χ1) is 21.8. The molecule has 5 aromatic carbocycles. The van der Waals surface area contributed by atoms with Gasteiger partial charge in [-0.15, -0.1) is 0 Å². The van der Waals surface area contributed by atoms with Gasteiger partial charge in [0.25, 0.3) is 0 Å². The van der Waals surface area contributed by atoms with Crippen molar-refractivity contribution in [2.24, 2.45) is 0 Å². The Balaban J connectivity index is 1.46. The van der Waals surface area contributed by atoms with E-state index in [2.05, 4.69) is 148 Å². The van der Waals surface area contributed by atoms with Crippen LogP contribution in [-0.4, -0.2) is 19.1 Å². The molecule has 0 N–H and O–H groups in total. The zero-order chi connectivity index (χ0) is 29.0. The number of aromatic nitrogens is 4. The van der Waals surface area contributed by atoms with Gasteiger partial charge < -0.3 is 4.57 Å². The molecule has 0 radical (unpaired) electrons. The molecular formula is C40H26N4. The molecule has 206 valence electrons. The van der Waals surface area contributed by atoms with E-state index in [1.54, 1.807) is 0 Å². The zero-order valence-corrected chi connectivity index (χ0v) is 23.9. The smallest absolute Gasteiger partial charge is 0.235 e. The SMILES string of the molecule is C1=C=CC(c2cc(-c3ccccc3)nc(-n3c4ccccc4c4ccc5c6ccccc6n(-c6ccccc6)c5c43)n2)CC=1. The Hall–Kier alpha value is -5.92. The molecule has 4 heteroatoms. The molecule has 1 aliphatic rings. The van der Waals surface area contributed by atoms with Crippen LogP contribution in [0.4, 0.5) is 0 Å². The Morgan fingerprint density at radius 2 is 1.18 bits per heavy atom. The van der Waals surface area contributed by atoms with Gasteiger partial charge in [-0.3, -0.25) is 4.57 Å². The predicted molar refractivity (Wildman–Crippen MR) is 180 cm³/mol. The minimum Gasteiger partial charge on any atom is -0.307 e. The first kappa shape index (κ1) is 24.7. The molecule has 8 aromatic rings. The molecule has 0 bridgehead atoms. The summed E-state index contributed by atoms with van der Waals surface area (Å²) in [7, 11) is 0. The van der Waals surface area contributed by atoms with Crippen LogP contribution >= 0.6 is 0 Å². The lowest BCUT2D eigenvalue weighted by molar-refractivity contribution is 0.801. The largest absolute Gasteiger partial charge is 0.307 e. The van der Waals surface area contributed by atoms with Crippen LogP contribution in [0.15, 0.2) is 151 Å². The Kier molecular flexibility index (Phi) is 5.51. The van der Waals surface area contributed by atoms with Crippen molar-refractivity contribution >= 4 is 43.6 Å². The maximum absolute atomic E-state index is 5.31. The first-order valence-corrected chi connectivity index (χ1v) is 15.0. The lowest BCUT2D eigenvalue weighted by Gasteiger charge is -2.16. The number of rotatable bonds is 4. The summed E-state index contributed by atoms with van der Waals surface area (Å²) in [5.74, 6) is 0.765. The van der Waals surface area contributed by atoms with Crippen LogP contribution in [0.3, 0.4) is 0 Å². The van der Waals surface area contributed by atoms with E-state index < -0.39 is 0 Å². The Labute approximate surface area is 254 Å². The molecule has 0 fully saturated rings. The quantitative estimate of drug-likeness (QED) is 0.200. The van der Waals surface area contributed by atoms with Crippen LogP contribution < -0.4 is 0 Å². The van der Waals surface area contributed by atoms with Crippen molar-refractivity contribution in [1.29, 1.82) is 0 Å². The molecule has 3 aromatic heterocycles. The molecule has 1 atom stereocenters. The van der Waals surface area contributed by atoms with Crippen LogP contribution in [0.5, 0.6) is 0 Å². The van der Waals surface area contributed by atoms with E-state index in [0.29, 0.717) is 5.95 Å². The Bertz CT molecular complexity index is 2490. The fraction of sp³-hybridized carbons (Fsp3) is 0.0500. The molecule has 1 unspecified atom stereocenters. The molecule has 0 aliphatic heterocycles. The van der Waals surface area contributed by atoms with Crippen molar-refractivity contribution in [3.05, 3.63) is 157 Å². The topological polar surface area (TPSA) is 35.6 Å². The summed E-state index contributed by atoms with van der Waals surface area (Å²) in [6, 6.07) is 45.0. The van der Waals surface area contributed by atoms with Gasteiger partial charge in [0.2, 0.25) is 5.95 Å². The highest BCUT2D eigenvalue weighted by Crippen LogP contribution is 2.41. The van der Waals surface area contributed by atoms with Gasteiger partial charge in [-0.05, 0) is 48.9 Å². The third-order valence-corrected chi connectivity index (χ3v) is 8.71. The maximum atomic E-state index is 5.31. The second kappa shape index (κ2) is 9.83. The molecule has 1 aliphatic carbocycles. The molecular weight excluding hydrogens is 536 g/mol. The van der Waals surface area contributed by atoms with Crippen molar-refractivity contribution in [3.8, 4) is 22.9 Å². The highest BCUT2D eigenvalue weighted by atomic mass is 15.2. The van der Waals surface area contributed by atoms with E-state index in [0.717, 1.165) is 45.6 Å². The van der Waals surface area contributed by atoms with E-state index >= 15 is 0 Å². The standard InChI is InChI=1S/C40H26N4/c1-4-14-27(15-5-1)34-26-35(28-16-6-2-7-17-28)42-40(41-34)44-37-23-13-11-21-31(37)33-25-24-32-30-20-10-12-22-36(30)43(38(32)39(33)44)29-18-8-3-9-19-29/h1,3-6,8-15,17-26,28H,16H2. The van der Waals surface area contributed by atoms with Crippen LogP contribution in [0.25, 0.3) is 66.5 Å². The van der Waals surface area contributed by atoms with Crippen LogP contribution in [0, 0.1) is 0 Å². The van der Waals surface area contributed by atoms with E-state index in [4.69, 9.17) is 9.97 Å². The van der Waals surface area contributed by atoms with Crippen molar-refractivity contribution in [1.82, 2.24) is 19.1 Å². The normalized spacial score (nSPS) is 14.4. The minimum atomic E-state index is 0.101. The van der Waals surface area contributed by atoms with Crippen molar-refractivity contribution in [2.45, 2.75) is 12.3 Å². The lowest BCUT2D eigenvalue weighted by Crippen LogP contribution is -2.08. The van der Waals surface area contributed by atoms with Gasteiger partial charge in [0, 0.05) is 38.7 Å². The summed E-state index contributed by atoms with van der Waals surface area (Å²) < 4.78 is 4.67. The zero-order valence-electron chi connectivity index (χ0n) is 23.9. The lowest BCUT2D eigenvalue weighted by atomic mass is 9.97. The molecule has 0 saturated carbocycles. The fourth-order valence-corrected chi connectivity index (χ4v) is 6.72. The van der Waals surface area contributed by atoms with Crippen molar-refractivity contribution < 1.29 is 0 Å². The van der Waals surface area contributed by atoms with Crippen LogP contribution in [-0.2, 0) is 0 Å². The van der Waals surface area contributed by atoms with Gasteiger partial charge in [0.05, 0.1) is 33.5 Å². The predicted octanol–water partition coefficient (Wildman–Crippen LogP) is 9.69. The Morgan fingerprint density at radius 3 is 1.86 bits per heavy atom. The molecule has 0 amide bonds. The molecule has 4 nitrogen and oxygen atoms in total. The summed E-state index contributed by atoms with van der Waals surface area (Å²) in [4.78, 5) is 10.6. The van der Waals surface area contributed by atoms with Crippen molar-refractivity contribution in [2.75, 3.05) is 0 Å². The van der Waals surface area contributed by atoms with Gasteiger partial charge in [0.1, 0.15) is 0 Å². The highest BCUT2D eigenvalue weighted by molar-refractivity contribution is 6.23. The third-order valence-electron chi connectivity index (χ3n) is 8.71. The van der Waals surface area contributed by atoms with Crippen LogP contribution in [0.1, 0.15) is 18.0 Å². The molecule has 0 spiro atoms. The molecule has 44 heavy (non-hydrogen) atoms. The van der Waals surface area contributed by atoms with E-state index in [1.807, 2.05) is 12.1 Å². The number of para-hydroxylation sites is 3. The third kappa shape index (κ3) is 3.73. The highest BCUT2D eigenvalue weighted by Gasteiger charge is 2.23. The number of benzene rings is 5. The number of allylic oxidation sites excluding steroid dienone is 2.